The molecule has 1 heterocycles. The zero-order valence-corrected chi connectivity index (χ0v) is 23.5. The minimum atomic E-state index is -1.12. The zero-order valence-electron chi connectivity index (χ0n) is 21.1. The molecule has 3 aromatic rings. The van der Waals surface area contributed by atoms with Crippen molar-refractivity contribution >= 4 is 63.8 Å². The van der Waals surface area contributed by atoms with Crippen LogP contribution in [0.3, 0.4) is 0 Å². The fraction of sp³-hybridized carbons (Fsp3) is 0.143. The number of hydrazine groups is 1. The number of rotatable bonds is 11. The van der Waals surface area contributed by atoms with Crippen LogP contribution in [0.1, 0.15) is 28.4 Å². The van der Waals surface area contributed by atoms with Gasteiger partial charge in [0, 0.05) is 16.1 Å². The van der Waals surface area contributed by atoms with E-state index in [0.29, 0.717) is 34.3 Å². The highest BCUT2D eigenvalue weighted by molar-refractivity contribution is 8.26. The average Bonchev–Trinajstić information content (AvgIpc) is 3.19. The number of carbonyl (C=O) groups is 3. The Hall–Kier alpha value is -4.06. The lowest BCUT2D eigenvalue weighted by Crippen LogP contribution is -2.44. The highest BCUT2D eigenvalue weighted by Crippen LogP contribution is 2.34. The van der Waals surface area contributed by atoms with Crippen LogP contribution < -0.4 is 19.6 Å². The molecule has 1 fully saturated rings. The third kappa shape index (κ3) is 7.32. The number of ether oxygens (including phenoxy) is 3. The fourth-order valence-corrected chi connectivity index (χ4v) is 4.87. The minimum Gasteiger partial charge on any atom is -0.490 e. The highest BCUT2D eigenvalue weighted by atomic mass is 35.5. The number of carbonyl (C=O) groups excluding carboxylic acids is 2. The molecule has 12 heteroatoms. The molecule has 9 nitrogen and oxygen atoms in total. The molecule has 40 heavy (non-hydrogen) atoms. The van der Waals surface area contributed by atoms with Crippen molar-refractivity contribution in [3.63, 3.8) is 0 Å². The van der Waals surface area contributed by atoms with Crippen molar-refractivity contribution in [2.45, 2.75) is 13.5 Å². The number of hydrogen-bond donors (Lipinski definition) is 2. The lowest BCUT2D eigenvalue weighted by molar-refractivity contribution is -0.139. The number of nitrogens with one attached hydrogen (secondary N) is 1. The predicted molar refractivity (Wildman–Crippen MR) is 155 cm³/mol. The second-order valence-electron chi connectivity index (χ2n) is 8.18. The number of thiocarbonyl (C=S) groups is 1. The molecular formula is C28H23ClN2O7S2. The number of benzene rings is 3. The Labute approximate surface area is 244 Å². The van der Waals surface area contributed by atoms with E-state index in [4.69, 9.17) is 43.1 Å². The summed E-state index contributed by atoms with van der Waals surface area (Å²) in [5.41, 5.74) is 4.29. The molecule has 206 valence electrons. The number of nitrogens with zero attached hydrogens (tertiary/aromatic N) is 1. The molecule has 1 aliphatic heterocycles. The predicted octanol–water partition coefficient (Wildman–Crippen LogP) is 5.33. The largest absolute Gasteiger partial charge is 0.490 e. The first-order chi connectivity index (χ1) is 19.2. The summed E-state index contributed by atoms with van der Waals surface area (Å²) < 4.78 is 16.7. The molecule has 0 radical (unpaired) electrons. The first kappa shape index (κ1) is 28.9. The number of aliphatic carboxylic acids is 1. The van der Waals surface area contributed by atoms with Gasteiger partial charge in [-0.05, 0) is 73.2 Å². The molecule has 0 atom stereocenters. The minimum absolute atomic E-state index is 0.163. The lowest BCUT2D eigenvalue weighted by Gasteiger charge is -2.16. The number of hydrogen-bond acceptors (Lipinski definition) is 8. The summed E-state index contributed by atoms with van der Waals surface area (Å²) in [6.07, 6.45) is 1.60. The molecule has 2 N–H and O–H groups in total. The van der Waals surface area contributed by atoms with E-state index in [-0.39, 0.29) is 21.6 Å². The van der Waals surface area contributed by atoms with Crippen LogP contribution in [0.5, 0.6) is 17.2 Å². The molecule has 2 amide bonds. The normalized spacial score (nSPS) is 13.8. The Balaban J connectivity index is 1.40. The van der Waals surface area contributed by atoms with Crippen molar-refractivity contribution in [2.75, 3.05) is 13.2 Å². The Morgan fingerprint density at radius 2 is 1.80 bits per heavy atom. The van der Waals surface area contributed by atoms with E-state index in [1.54, 1.807) is 61.5 Å². The number of amides is 2. The van der Waals surface area contributed by atoms with Gasteiger partial charge in [0.1, 0.15) is 12.4 Å². The van der Waals surface area contributed by atoms with Crippen LogP contribution in [0, 0.1) is 0 Å². The quantitative estimate of drug-likeness (QED) is 0.223. The standard InChI is InChI=1S/C28H23ClN2O7S2/c1-2-36-23-13-17(7-12-22(23)38-16-25(32)33)14-24-27(35)31(28(39)40-24)30-26(34)18-8-10-20(11-9-18)37-15-19-5-3-4-6-21(19)29/h3-14H,2,15-16H2,1H3,(H,30,34)(H,32,33)/b24-14+. The summed E-state index contributed by atoms with van der Waals surface area (Å²) in [6, 6.07) is 18.6. The smallest absolute Gasteiger partial charge is 0.341 e. The second kappa shape index (κ2) is 13.3. The lowest BCUT2D eigenvalue weighted by atomic mass is 10.2. The van der Waals surface area contributed by atoms with Crippen molar-refractivity contribution in [1.29, 1.82) is 0 Å². The summed E-state index contributed by atoms with van der Waals surface area (Å²) in [6.45, 7) is 1.87. The van der Waals surface area contributed by atoms with E-state index in [9.17, 15) is 14.4 Å². The zero-order chi connectivity index (χ0) is 28.6. The van der Waals surface area contributed by atoms with E-state index in [0.717, 1.165) is 22.3 Å². The summed E-state index contributed by atoms with van der Waals surface area (Å²) >= 11 is 12.5. The van der Waals surface area contributed by atoms with Gasteiger partial charge in [-0.3, -0.25) is 15.0 Å². The van der Waals surface area contributed by atoms with Gasteiger partial charge in [-0.15, -0.1) is 0 Å². The summed E-state index contributed by atoms with van der Waals surface area (Å²) in [5.74, 6) is -0.978. The molecule has 1 aliphatic rings. The van der Waals surface area contributed by atoms with E-state index in [1.807, 2.05) is 18.2 Å². The molecule has 0 aromatic heterocycles. The first-order valence-electron chi connectivity index (χ1n) is 11.9. The van der Waals surface area contributed by atoms with Gasteiger partial charge in [-0.2, -0.15) is 5.01 Å². The monoisotopic (exact) mass is 598 g/mol. The Morgan fingerprint density at radius 1 is 1.05 bits per heavy atom. The van der Waals surface area contributed by atoms with Gasteiger partial charge in [0.05, 0.1) is 11.5 Å². The molecule has 0 bridgehead atoms. The molecule has 3 aromatic carbocycles. The SMILES string of the molecule is CCOc1cc(/C=C2/SC(=S)N(NC(=O)c3ccc(OCc4ccccc4Cl)cc3)C2=O)ccc1OCC(=O)O. The second-order valence-corrected chi connectivity index (χ2v) is 10.3. The molecular weight excluding hydrogens is 576 g/mol. The van der Waals surface area contributed by atoms with Crippen LogP contribution >= 0.6 is 35.6 Å². The topological polar surface area (TPSA) is 114 Å². The van der Waals surface area contributed by atoms with Gasteiger partial charge in [0.2, 0.25) is 0 Å². The van der Waals surface area contributed by atoms with Gasteiger partial charge in [0.25, 0.3) is 11.8 Å². The average molecular weight is 599 g/mol. The van der Waals surface area contributed by atoms with Gasteiger partial charge in [-0.1, -0.05) is 47.6 Å². The number of carboxylic acid groups (broad SMARTS) is 1. The van der Waals surface area contributed by atoms with Crippen molar-refractivity contribution in [1.82, 2.24) is 10.4 Å². The Bertz CT molecular complexity index is 1480. The van der Waals surface area contributed by atoms with E-state index >= 15 is 0 Å². The number of halogens is 1. The van der Waals surface area contributed by atoms with Crippen molar-refractivity contribution < 1.29 is 33.7 Å². The maximum Gasteiger partial charge on any atom is 0.341 e. The highest BCUT2D eigenvalue weighted by Gasteiger charge is 2.34. The van der Waals surface area contributed by atoms with Crippen molar-refractivity contribution in [3.05, 3.63) is 93.3 Å². The molecule has 0 saturated carbocycles. The van der Waals surface area contributed by atoms with Gasteiger partial charge in [-0.25, -0.2) is 4.79 Å². The first-order valence-corrected chi connectivity index (χ1v) is 13.5. The molecule has 0 aliphatic carbocycles. The number of carboxylic acids is 1. The van der Waals surface area contributed by atoms with Crippen LogP contribution in [0.4, 0.5) is 0 Å². The number of thioether (sulfide) groups is 1. The Morgan fingerprint density at radius 3 is 2.50 bits per heavy atom. The maximum absolute atomic E-state index is 13.0. The van der Waals surface area contributed by atoms with E-state index < -0.39 is 24.4 Å². The molecule has 1 saturated heterocycles. The molecule has 4 rings (SSSR count). The maximum atomic E-state index is 13.0. The van der Waals surface area contributed by atoms with Crippen molar-refractivity contribution in [2.24, 2.45) is 0 Å². The van der Waals surface area contributed by atoms with Crippen LogP contribution in [0.15, 0.2) is 71.6 Å². The summed E-state index contributed by atoms with van der Waals surface area (Å²) in [4.78, 5) is 37.0. The third-order valence-electron chi connectivity index (χ3n) is 5.39. The van der Waals surface area contributed by atoms with Crippen LogP contribution in [0.25, 0.3) is 6.08 Å². The van der Waals surface area contributed by atoms with Crippen LogP contribution in [0.2, 0.25) is 5.02 Å². The van der Waals surface area contributed by atoms with Gasteiger partial charge in [0.15, 0.2) is 22.4 Å². The fourth-order valence-electron chi connectivity index (χ4n) is 3.50. The van der Waals surface area contributed by atoms with Gasteiger partial charge >= 0.3 is 5.97 Å². The summed E-state index contributed by atoms with van der Waals surface area (Å²) in [5, 5.41) is 10.5. The van der Waals surface area contributed by atoms with Crippen LogP contribution in [-0.4, -0.2) is 45.4 Å². The molecule has 0 spiro atoms. The van der Waals surface area contributed by atoms with Crippen molar-refractivity contribution in [3.8, 4) is 17.2 Å². The van der Waals surface area contributed by atoms with E-state index in [2.05, 4.69) is 5.43 Å². The Kier molecular flexibility index (Phi) is 9.65. The van der Waals surface area contributed by atoms with Gasteiger partial charge < -0.3 is 19.3 Å². The molecule has 0 unspecified atom stereocenters. The summed E-state index contributed by atoms with van der Waals surface area (Å²) in [7, 11) is 0. The third-order valence-corrected chi connectivity index (χ3v) is 7.06. The van der Waals surface area contributed by atoms with Crippen LogP contribution in [-0.2, 0) is 16.2 Å². The van der Waals surface area contributed by atoms with E-state index in [1.165, 1.54) is 0 Å².